The third-order valence-corrected chi connectivity index (χ3v) is 6.63. The van der Waals surface area contributed by atoms with E-state index in [2.05, 4.69) is 11.8 Å². The predicted molar refractivity (Wildman–Crippen MR) is 91.5 cm³/mol. The number of likely N-dealkylation sites (tertiary alicyclic amines) is 1. The number of hydrogen-bond acceptors (Lipinski definition) is 4. The van der Waals surface area contributed by atoms with Crippen LogP contribution < -0.4 is 4.74 Å². The highest BCUT2D eigenvalue weighted by Gasteiger charge is 2.39. The third kappa shape index (κ3) is 3.41. The third-order valence-electron chi connectivity index (χ3n) is 5.50. The highest BCUT2D eigenvalue weighted by atomic mass is 32.2. The number of nitrogens with zero attached hydrogens (tertiary/aromatic N) is 1. The van der Waals surface area contributed by atoms with Gasteiger partial charge < -0.3 is 4.74 Å². The molecule has 3 atom stereocenters. The molecule has 0 radical (unpaired) electrons. The molecule has 1 aromatic rings. The first-order valence-electron chi connectivity index (χ1n) is 8.53. The zero-order valence-corrected chi connectivity index (χ0v) is 15.1. The van der Waals surface area contributed by atoms with E-state index in [1.807, 2.05) is 12.1 Å². The molecule has 128 valence electrons. The Labute approximate surface area is 139 Å². The summed E-state index contributed by atoms with van der Waals surface area (Å²) in [5.41, 5.74) is 1.13. The molecule has 1 heterocycles. The summed E-state index contributed by atoms with van der Waals surface area (Å²) in [6.45, 7) is 3.20. The number of benzene rings is 1. The largest absolute Gasteiger partial charge is 0.495 e. The van der Waals surface area contributed by atoms with Crippen molar-refractivity contribution in [3.8, 4) is 5.75 Å². The number of sulfone groups is 1. The van der Waals surface area contributed by atoms with E-state index in [4.69, 9.17) is 4.74 Å². The molecule has 2 aliphatic rings. The molecule has 1 saturated heterocycles. The van der Waals surface area contributed by atoms with E-state index >= 15 is 0 Å². The number of methoxy groups -OCH3 is 1. The van der Waals surface area contributed by atoms with E-state index in [-0.39, 0.29) is 4.90 Å². The first-order valence-corrected chi connectivity index (χ1v) is 10.4. The molecule has 2 fully saturated rings. The van der Waals surface area contributed by atoms with E-state index in [0.29, 0.717) is 17.8 Å². The standard InChI is InChI=1S/C18H27NO3S/c1-13-10-15-6-4-5-7-16(15)19(13)12-14-8-9-18(23(3,20)21)17(11-14)22-2/h8-9,11,13,15-16H,4-7,10,12H2,1-3H3/t13-,15+,16+/m1/s1. The first-order chi connectivity index (χ1) is 10.9. The molecule has 5 heteroatoms. The van der Waals surface area contributed by atoms with Crippen molar-refractivity contribution in [3.05, 3.63) is 23.8 Å². The molecule has 0 N–H and O–H groups in total. The van der Waals surface area contributed by atoms with Gasteiger partial charge in [0.05, 0.1) is 7.11 Å². The Kier molecular flexibility index (Phi) is 4.70. The van der Waals surface area contributed by atoms with Crippen LogP contribution in [-0.4, -0.2) is 38.8 Å². The van der Waals surface area contributed by atoms with Crippen LogP contribution in [0.25, 0.3) is 0 Å². The van der Waals surface area contributed by atoms with Crippen LogP contribution in [0.15, 0.2) is 23.1 Å². The van der Waals surface area contributed by atoms with Gasteiger partial charge in [-0.1, -0.05) is 18.9 Å². The van der Waals surface area contributed by atoms with Crippen LogP contribution >= 0.6 is 0 Å². The molecule has 0 unspecified atom stereocenters. The van der Waals surface area contributed by atoms with Gasteiger partial charge in [0.25, 0.3) is 0 Å². The topological polar surface area (TPSA) is 46.6 Å². The highest BCUT2D eigenvalue weighted by molar-refractivity contribution is 7.90. The maximum Gasteiger partial charge on any atom is 0.179 e. The van der Waals surface area contributed by atoms with Crippen molar-refractivity contribution in [3.63, 3.8) is 0 Å². The van der Waals surface area contributed by atoms with Gasteiger partial charge in [-0.05, 0) is 49.8 Å². The normalized spacial score (nSPS) is 28.6. The van der Waals surface area contributed by atoms with Crippen LogP contribution in [0, 0.1) is 5.92 Å². The summed E-state index contributed by atoms with van der Waals surface area (Å²) >= 11 is 0. The lowest BCUT2D eigenvalue weighted by Crippen LogP contribution is -2.37. The molecule has 1 aliphatic carbocycles. The molecule has 1 aromatic carbocycles. The molecule has 0 aromatic heterocycles. The van der Waals surface area contributed by atoms with Crippen molar-refractivity contribution in [1.82, 2.24) is 4.90 Å². The summed E-state index contributed by atoms with van der Waals surface area (Å²) in [6.07, 6.45) is 7.89. The second kappa shape index (κ2) is 6.44. The van der Waals surface area contributed by atoms with E-state index in [9.17, 15) is 8.42 Å². The number of rotatable bonds is 4. The van der Waals surface area contributed by atoms with Crippen molar-refractivity contribution >= 4 is 9.84 Å². The second-order valence-electron chi connectivity index (χ2n) is 7.13. The van der Waals surface area contributed by atoms with Gasteiger partial charge in [-0.25, -0.2) is 8.42 Å². The summed E-state index contributed by atoms with van der Waals surface area (Å²) in [6, 6.07) is 6.80. The van der Waals surface area contributed by atoms with Crippen LogP contribution in [0.5, 0.6) is 5.75 Å². The van der Waals surface area contributed by atoms with Crippen molar-refractivity contribution in [1.29, 1.82) is 0 Å². The van der Waals surface area contributed by atoms with Gasteiger partial charge in [-0.15, -0.1) is 0 Å². The van der Waals surface area contributed by atoms with Crippen molar-refractivity contribution in [2.75, 3.05) is 13.4 Å². The van der Waals surface area contributed by atoms with Crippen LogP contribution in [0.1, 0.15) is 44.6 Å². The van der Waals surface area contributed by atoms with E-state index in [1.165, 1.54) is 45.5 Å². The summed E-state index contributed by atoms with van der Waals surface area (Å²) in [5.74, 6) is 1.30. The minimum absolute atomic E-state index is 0.272. The van der Waals surface area contributed by atoms with E-state index < -0.39 is 9.84 Å². The molecule has 23 heavy (non-hydrogen) atoms. The van der Waals surface area contributed by atoms with E-state index in [1.54, 1.807) is 6.07 Å². The Balaban J connectivity index is 1.82. The Morgan fingerprint density at radius 2 is 2.00 bits per heavy atom. The Morgan fingerprint density at radius 3 is 2.70 bits per heavy atom. The maximum atomic E-state index is 11.8. The van der Waals surface area contributed by atoms with Gasteiger partial charge in [-0.2, -0.15) is 0 Å². The maximum absolute atomic E-state index is 11.8. The molecule has 3 rings (SSSR count). The highest BCUT2D eigenvalue weighted by Crippen LogP contribution is 2.40. The fourth-order valence-corrected chi connectivity index (χ4v) is 5.22. The van der Waals surface area contributed by atoms with Gasteiger partial charge >= 0.3 is 0 Å². The van der Waals surface area contributed by atoms with Gasteiger partial charge in [0.1, 0.15) is 10.6 Å². The minimum Gasteiger partial charge on any atom is -0.495 e. The molecule has 4 nitrogen and oxygen atoms in total. The van der Waals surface area contributed by atoms with Gasteiger partial charge in [0.15, 0.2) is 9.84 Å². The smallest absolute Gasteiger partial charge is 0.179 e. The van der Waals surface area contributed by atoms with Crippen LogP contribution in [0.2, 0.25) is 0 Å². The van der Waals surface area contributed by atoms with Crippen LogP contribution in [0.3, 0.4) is 0 Å². The van der Waals surface area contributed by atoms with Crippen LogP contribution in [0.4, 0.5) is 0 Å². The Hall–Kier alpha value is -1.07. The molecule has 1 aliphatic heterocycles. The number of hydrogen-bond donors (Lipinski definition) is 0. The van der Waals surface area contributed by atoms with Crippen molar-refractivity contribution in [2.45, 2.75) is 62.6 Å². The summed E-state index contributed by atoms with van der Waals surface area (Å²) in [4.78, 5) is 2.88. The SMILES string of the molecule is COc1cc(CN2[C@H](C)C[C@@H]3CCCC[C@@H]32)ccc1S(C)(=O)=O. The lowest BCUT2D eigenvalue weighted by molar-refractivity contribution is 0.149. The summed E-state index contributed by atoms with van der Waals surface area (Å²) in [7, 11) is -1.73. The minimum atomic E-state index is -3.26. The quantitative estimate of drug-likeness (QED) is 0.846. The molecule has 0 amide bonds. The Bertz CT molecular complexity index is 671. The zero-order valence-electron chi connectivity index (χ0n) is 14.3. The lowest BCUT2D eigenvalue weighted by Gasteiger charge is -2.33. The van der Waals surface area contributed by atoms with Crippen molar-refractivity contribution in [2.24, 2.45) is 5.92 Å². The average Bonchev–Trinajstić information content (AvgIpc) is 2.82. The molecular formula is C18H27NO3S. The van der Waals surface area contributed by atoms with Crippen LogP contribution in [-0.2, 0) is 16.4 Å². The van der Waals surface area contributed by atoms with Gasteiger partial charge in [-0.3, -0.25) is 4.90 Å². The second-order valence-corrected chi connectivity index (χ2v) is 9.11. The molecule has 0 spiro atoms. The van der Waals surface area contributed by atoms with Crippen molar-refractivity contribution < 1.29 is 13.2 Å². The monoisotopic (exact) mass is 337 g/mol. The average molecular weight is 337 g/mol. The first kappa shape index (κ1) is 16.8. The Morgan fingerprint density at radius 1 is 1.26 bits per heavy atom. The molecule has 1 saturated carbocycles. The molecule has 0 bridgehead atoms. The zero-order chi connectivity index (χ0) is 16.6. The van der Waals surface area contributed by atoms with Gasteiger partial charge in [0, 0.05) is 24.9 Å². The van der Waals surface area contributed by atoms with E-state index in [0.717, 1.165) is 18.0 Å². The summed E-state index contributed by atoms with van der Waals surface area (Å²) in [5, 5.41) is 0. The lowest BCUT2D eigenvalue weighted by atomic mass is 9.85. The number of fused-ring (bicyclic) bond motifs is 1. The molecular weight excluding hydrogens is 310 g/mol. The predicted octanol–water partition coefficient (Wildman–Crippen LogP) is 3.25. The fraction of sp³-hybridized carbons (Fsp3) is 0.667. The summed E-state index contributed by atoms with van der Waals surface area (Å²) < 4.78 is 28.9. The number of ether oxygens (including phenoxy) is 1. The van der Waals surface area contributed by atoms with Gasteiger partial charge in [0.2, 0.25) is 0 Å². The fourth-order valence-electron chi connectivity index (χ4n) is 4.40.